The second-order valence-electron chi connectivity index (χ2n) is 7.59. The van der Waals surface area contributed by atoms with Crippen LogP contribution >= 0.6 is 0 Å². The Balaban J connectivity index is 1.74. The Kier molecular flexibility index (Phi) is 7.50. The van der Waals surface area contributed by atoms with Crippen molar-refractivity contribution in [2.75, 3.05) is 25.0 Å². The summed E-state index contributed by atoms with van der Waals surface area (Å²) >= 11 is 0. The number of anilines is 1. The number of nitrogens with one attached hydrogen (secondary N) is 1. The third-order valence-electron chi connectivity index (χ3n) is 5.22. The lowest BCUT2D eigenvalue weighted by atomic mass is 10.1. The maximum absolute atomic E-state index is 13.2. The number of benzene rings is 2. The van der Waals surface area contributed by atoms with Gasteiger partial charge in [-0.3, -0.25) is 4.79 Å². The molecule has 2 aromatic carbocycles. The van der Waals surface area contributed by atoms with Crippen LogP contribution in [0.5, 0.6) is 5.75 Å². The van der Waals surface area contributed by atoms with E-state index in [0.29, 0.717) is 44.0 Å². The molecule has 1 amide bonds. The summed E-state index contributed by atoms with van der Waals surface area (Å²) < 4.78 is 33.5. The third-order valence-corrected chi connectivity index (χ3v) is 7.14. The highest BCUT2D eigenvalue weighted by molar-refractivity contribution is 7.89. The van der Waals surface area contributed by atoms with Gasteiger partial charge in [0.15, 0.2) is 0 Å². The number of sulfonamides is 1. The van der Waals surface area contributed by atoms with E-state index in [4.69, 9.17) is 4.74 Å². The smallest absolute Gasteiger partial charge is 0.246 e. The highest BCUT2D eigenvalue weighted by atomic mass is 32.2. The molecule has 1 heterocycles. The fourth-order valence-electron chi connectivity index (χ4n) is 3.54. The summed E-state index contributed by atoms with van der Waals surface area (Å²) in [6, 6.07) is 12.9. The van der Waals surface area contributed by atoms with Crippen LogP contribution in [0.1, 0.15) is 43.7 Å². The highest BCUT2D eigenvalue weighted by Crippen LogP contribution is 2.31. The molecule has 1 aliphatic rings. The Hall–Kier alpha value is -2.38. The summed E-state index contributed by atoms with van der Waals surface area (Å²) in [6.07, 6.45) is 3.71. The van der Waals surface area contributed by atoms with E-state index in [1.165, 1.54) is 15.9 Å². The summed E-state index contributed by atoms with van der Waals surface area (Å²) in [7, 11) is -3.68. The maximum atomic E-state index is 13.2. The average Bonchev–Trinajstić information content (AvgIpc) is 2.75. The van der Waals surface area contributed by atoms with Crippen LogP contribution in [-0.2, 0) is 21.2 Å². The summed E-state index contributed by atoms with van der Waals surface area (Å²) in [5, 5.41) is 2.83. The molecule has 0 unspecified atom stereocenters. The lowest BCUT2D eigenvalue weighted by molar-refractivity contribution is -0.116. The minimum absolute atomic E-state index is 0.114. The summed E-state index contributed by atoms with van der Waals surface area (Å²) in [4.78, 5) is 12.5. The van der Waals surface area contributed by atoms with Gasteiger partial charge in [0.2, 0.25) is 15.9 Å². The molecule has 0 radical (unpaired) electrons. The van der Waals surface area contributed by atoms with Crippen LogP contribution < -0.4 is 10.1 Å². The van der Waals surface area contributed by atoms with Crippen molar-refractivity contribution < 1.29 is 17.9 Å². The topological polar surface area (TPSA) is 75.7 Å². The molecule has 1 saturated heterocycles. The molecule has 0 aliphatic carbocycles. The van der Waals surface area contributed by atoms with Crippen molar-refractivity contribution in [1.82, 2.24) is 4.31 Å². The number of ether oxygens (including phenoxy) is 1. The van der Waals surface area contributed by atoms with E-state index in [9.17, 15) is 13.2 Å². The molecule has 1 N–H and O–H groups in total. The van der Waals surface area contributed by atoms with Crippen molar-refractivity contribution in [3.05, 3.63) is 53.6 Å². The van der Waals surface area contributed by atoms with Gasteiger partial charge in [-0.05, 0) is 56.9 Å². The molecule has 6 nitrogen and oxygen atoms in total. The van der Waals surface area contributed by atoms with E-state index in [2.05, 4.69) is 5.32 Å². The van der Waals surface area contributed by atoms with Gasteiger partial charge in [-0.1, -0.05) is 36.2 Å². The number of carbonyl (C=O) groups is 1. The molecule has 0 saturated carbocycles. The van der Waals surface area contributed by atoms with Gasteiger partial charge < -0.3 is 10.1 Å². The highest BCUT2D eigenvalue weighted by Gasteiger charge is 2.29. The fourth-order valence-corrected chi connectivity index (χ4v) is 5.22. The van der Waals surface area contributed by atoms with Gasteiger partial charge in [0.25, 0.3) is 0 Å². The zero-order valence-corrected chi connectivity index (χ0v) is 18.5. The van der Waals surface area contributed by atoms with Crippen LogP contribution in [0, 0.1) is 6.92 Å². The molecule has 0 spiro atoms. The minimum atomic E-state index is -3.68. The number of hydrogen-bond donors (Lipinski definition) is 1. The molecule has 7 heteroatoms. The number of aryl methyl sites for hydroxylation is 2. The normalized spacial score (nSPS) is 15.0. The molecule has 1 aliphatic heterocycles. The monoisotopic (exact) mass is 430 g/mol. The molecule has 2 aromatic rings. The Bertz CT molecular complexity index is 965. The number of carbonyl (C=O) groups excluding carboxylic acids is 1. The van der Waals surface area contributed by atoms with E-state index in [0.717, 1.165) is 24.8 Å². The van der Waals surface area contributed by atoms with E-state index in [1.54, 1.807) is 12.1 Å². The van der Waals surface area contributed by atoms with Gasteiger partial charge in [0.1, 0.15) is 10.6 Å². The van der Waals surface area contributed by atoms with Crippen molar-refractivity contribution in [1.29, 1.82) is 0 Å². The van der Waals surface area contributed by atoms with Crippen LogP contribution in [0.25, 0.3) is 0 Å². The van der Waals surface area contributed by atoms with Crippen LogP contribution in [0.3, 0.4) is 0 Å². The van der Waals surface area contributed by atoms with Crippen LogP contribution in [0.15, 0.2) is 47.4 Å². The quantitative estimate of drug-likeness (QED) is 0.683. The van der Waals surface area contributed by atoms with Crippen molar-refractivity contribution in [2.24, 2.45) is 0 Å². The second-order valence-corrected chi connectivity index (χ2v) is 9.50. The van der Waals surface area contributed by atoms with Gasteiger partial charge in [-0.2, -0.15) is 4.31 Å². The van der Waals surface area contributed by atoms with Crippen LogP contribution in [0.4, 0.5) is 5.69 Å². The summed E-state index contributed by atoms with van der Waals surface area (Å²) in [6.45, 7) is 5.24. The zero-order chi connectivity index (χ0) is 21.6. The lowest BCUT2D eigenvalue weighted by Crippen LogP contribution is -2.35. The predicted octanol–water partition coefficient (Wildman–Crippen LogP) is 4.14. The van der Waals surface area contributed by atoms with E-state index >= 15 is 0 Å². The first-order valence-electron chi connectivity index (χ1n) is 10.5. The SMILES string of the molecule is CCOc1ccc(NC(=O)CCc2ccc(C)cc2)cc1S(=O)(=O)N1CCCCC1. The number of amides is 1. The van der Waals surface area contributed by atoms with Crippen molar-refractivity contribution in [3.63, 3.8) is 0 Å². The Morgan fingerprint density at radius 2 is 1.77 bits per heavy atom. The first kappa shape index (κ1) is 22.3. The lowest BCUT2D eigenvalue weighted by Gasteiger charge is -2.27. The molecule has 30 heavy (non-hydrogen) atoms. The van der Waals surface area contributed by atoms with Gasteiger partial charge >= 0.3 is 0 Å². The fraction of sp³-hybridized carbons (Fsp3) is 0.435. The van der Waals surface area contributed by atoms with Crippen molar-refractivity contribution in [2.45, 2.75) is 50.8 Å². The maximum Gasteiger partial charge on any atom is 0.246 e. The Morgan fingerprint density at radius 3 is 2.43 bits per heavy atom. The third kappa shape index (κ3) is 5.61. The van der Waals surface area contributed by atoms with Gasteiger partial charge in [0, 0.05) is 25.2 Å². The summed E-state index contributed by atoms with van der Waals surface area (Å²) in [5.74, 6) is 0.168. The largest absolute Gasteiger partial charge is 0.492 e. The molecule has 3 rings (SSSR count). The number of piperidine rings is 1. The second kappa shape index (κ2) is 10.1. The molecular weight excluding hydrogens is 400 g/mol. The predicted molar refractivity (Wildman–Crippen MR) is 118 cm³/mol. The standard InChI is InChI=1S/C23H30N2O4S/c1-3-29-21-13-12-20(17-22(21)30(27,28)25-15-5-4-6-16-25)24-23(26)14-11-19-9-7-18(2)8-10-19/h7-10,12-13,17H,3-6,11,14-16H2,1-2H3,(H,24,26). The van der Waals surface area contributed by atoms with Crippen molar-refractivity contribution in [3.8, 4) is 5.75 Å². The van der Waals surface area contributed by atoms with Gasteiger partial charge in [-0.15, -0.1) is 0 Å². The van der Waals surface area contributed by atoms with Crippen LogP contribution in [0.2, 0.25) is 0 Å². The van der Waals surface area contributed by atoms with E-state index in [1.807, 2.05) is 38.1 Å². The van der Waals surface area contributed by atoms with Crippen LogP contribution in [-0.4, -0.2) is 38.3 Å². The van der Waals surface area contributed by atoms with E-state index in [-0.39, 0.29) is 10.8 Å². The number of hydrogen-bond acceptors (Lipinski definition) is 4. The van der Waals surface area contributed by atoms with Crippen molar-refractivity contribution >= 4 is 21.6 Å². The molecular formula is C23H30N2O4S. The Labute approximate surface area is 179 Å². The first-order valence-corrected chi connectivity index (χ1v) is 12.0. The van der Waals surface area contributed by atoms with Gasteiger partial charge in [0.05, 0.1) is 6.61 Å². The molecule has 0 atom stereocenters. The molecule has 0 aromatic heterocycles. The Morgan fingerprint density at radius 1 is 1.07 bits per heavy atom. The molecule has 1 fully saturated rings. The number of rotatable bonds is 8. The zero-order valence-electron chi connectivity index (χ0n) is 17.7. The molecule has 162 valence electrons. The summed E-state index contributed by atoms with van der Waals surface area (Å²) in [5.41, 5.74) is 2.73. The first-order chi connectivity index (χ1) is 14.4. The molecule has 0 bridgehead atoms. The minimum Gasteiger partial charge on any atom is -0.492 e. The number of nitrogens with zero attached hydrogens (tertiary/aromatic N) is 1. The van der Waals surface area contributed by atoms with Gasteiger partial charge in [-0.25, -0.2) is 8.42 Å². The average molecular weight is 431 g/mol. The van der Waals surface area contributed by atoms with E-state index < -0.39 is 10.0 Å².